The summed E-state index contributed by atoms with van der Waals surface area (Å²) >= 11 is 6.04. The van der Waals surface area contributed by atoms with E-state index in [1.165, 1.54) is 17.0 Å². The summed E-state index contributed by atoms with van der Waals surface area (Å²) in [5, 5.41) is 16.7. The number of hydrogen-bond acceptors (Lipinski definition) is 7. The molecule has 0 bridgehead atoms. The van der Waals surface area contributed by atoms with Gasteiger partial charge in [0.15, 0.2) is 0 Å². The summed E-state index contributed by atoms with van der Waals surface area (Å²) in [5.41, 5.74) is 0.704. The molecule has 1 aromatic carbocycles. The molecule has 1 amide bonds. The highest BCUT2D eigenvalue weighted by atomic mass is 32.1. The van der Waals surface area contributed by atoms with Gasteiger partial charge in [-0.15, -0.1) is 0 Å². The molecule has 0 saturated carbocycles. The summed E-state index contributed by atoms with van der Waals surface area (Å²) < 4.78 is 19.7. The van der Waals surface area contributed by atoms with E-state index in [-0.39, 0.29) is 11.1 Å². The molecular formula is C18H19FN4O4S2. The van der Waals surface area contributed by atoms with Crippen molar-refractivity contribution in [3.8, 4) is 0 Å². The number of carbonyl (C=O) groups excluding carboxylic acids is 1. The predicted octanol–water partition coefficient (Wildman–Crippen LogP) is 3.71. The van der Waals surface area contributed by atoms with Crippen molar-refractivity contribution >= 4 is 51.0 Å². The molecule has 1 aliphatic heterocycles. The minimum Gasteiger partial charge on any atom is -0.442 e. The van der Waals surface area contributed by atoms with Gasteiger partial charge in [-0.1, -0.05) is 23.6 Å². The van der Waals surface area contributed by atoms with Gasteiger partial charge in [-0.05, 0) is 37.6 Å². The van der Waals surface area contributed by atoms with Crippen LogP contribution in [0.1, 0.15) is 11.8 Å². The lowest BCUT2D eigenvalue weighted by molar-refractivity contribution is -0.380. The quantitative estimate of drug-likeness (QED) is 0.368. The zero-order valence-corrected chi connectivity index (χ0v) is 17.1. The van der Waals surface area contributed by atoms with E-state index >= 15 is 0 Å². The molecule has 11 heteroatoms. The summed E-state index contributed by atoms with van der Waals surface area (Å²) in [6.45, 7) is 2.87. The van der Waals surface area contributed by atoms with Crippen LogP contribution in [0.2, 0.25) is 0 Å². The highest BCUT2D eigenvalue weighted by Crippen LogP contribution is 2.27. The molecule has 0 spiro atoms. The van der Waals surface area contributed by atoms with Crippen molar-refractivity contribution in [2.75, 3.05) is 29.9 Å². The molecule has 8 nitrogen and oxygen atoms in total. The molecule has 2 heterocycles. The fourth-order valence-electron chi connectivity index (χ4n) is 2.83. The van der Waals surface area contributed by atoms with Crippen LogP contribution in [0.5, 0.6) is 0 Å². The molecule has 1 atom stereocenters. The lowest BCUT2D eigenvalue weighted by Gasteiger charge is -2.15. The number of anilines is 2. The number of thiophene rings is 1. The second-order valence-corrected chi connectivity index (χ2v) is 8.15. The smallest absolute Gasteiger partial charge is 0.414 e. The second kappa shape index (κ2) is 9.14. The van der Waals surface area contributed by atoms with Crippen LogP contribution in [0, 0.1) is 15.9 Å². The minimum absolute atomic E-state index is 0.0855. The monoisotopic (exact) mass is 438 g/mol. The molecule has 2 N–H and O–H groups in total. The SMILES string of the molecule is CC(=S)NC[C@H]1CN(c2ccc(NCCc3ccc([N+](=O)[O-])s3)c(F)c2)C(=O)O1. The van der Waals surface area contributed by atoms with E-state index in [9.17, 15) is 19.3 Å². The largest absolute Gasteiger partial charge is 0.442 e. The lowest BCUT2D eigenvalue weighted by Crippen LogP contribution is -2.32. The van der Waals surface area contributed by atoms with E-state index in [4.69, 9.17) is 17.0 Å². The summed E-state index contributed by atoms with van der Waals surface area (Å²) in [6, 6.07) is 7.63. The Balaban J connectivity index is 1.56. The van der Waals surface area contributed by atoms with Crippen molar-refractivity contribution in [2.24, 2.45) is 0 Å². The fourth-order valence-corrected chi connectivity index (χ4v) is 3.73. The average Bonchev–Trinajstić information content (AvgIpc) is 3.28. The maximum Gasteiger partial charge on any atom is 0.414 e. The Bertz CT molecular complexity index is 936. The third-order valence-corrected chi connectivity index (χ3v) is 5.47. The van der Waals surface area contributed by atoms with Crippen LogP contribution in [-0.2, 0) is 11.2 Å². The summed E-state index contributed by atoms with van der Waals surface area (Å²) in [4.78, 5) is 25.2. The van der Waals surface area contributed by atoms with Gasteiger partial charge in [0.25, 0.3) is 0 Å². The normalized spacial score (nSPS) is 15.9. The van der Waals surface area contributed by atoms with Crippen LogP contribution in [0.4, 0.5) is 25.6 Å². The van der Waals surface area contributed by atoms with Crippen molar-refractivity contribution in [3.63, 3.8) is 0 Å². The van der Waals surface area contributed by atoms with Gasteiger partial charge in [0.2, 0.25) is 0 Å². The molecule has 0 unspecified atom stereocenters. The first-order valence-corrected chi connectivity index (χ1v) is 10.0. The molecule has 2 aromatic rings. The number of nitrogens with one attached hydrogen (secondary N) is 2. The number of ether oxygens (including phenoxy) is 1. The third-order valence-electron chi connectivity index (χ3n) is 4.23. The predicted molar refractivity (Wildman–Crippen MR) is 113 cm³/mol. The fraction of sp³-hybridized carbons (Fsp3) is 0.333. The van der Waals surface area contributed by atoms with Crippen molar-refractivity contribution in [2.45, 2.75) is 19.4 Å². The first-order chi connectivity index (χ1) is 13.8. The van der Waals surface area contributed by atoms with Gasteiger partial charge in [0.1, 0.15) is 11.9 Å². The highest BCUT2D eigenvalue weighted by molar-refractivity contribution is 7.80. The Kier molecular flexibility index (Phi) is 6.60. The van der Waals surface area contributed by atoms with Gasteiger partial charge in [-0.2, -0.15) is 0 Å². The van der Waals surface area contributed by atoms with E-state index in [1.807, 2.05) is 0 Å². The van der Waals surface area contributed by atoms with Gasteiger partial charge in [-0.3, -0.25) is 15.0 Å². The standard InChI is InChI=1S/C18H19FN4O4S2/c1-11(28)21-9-13-10-22(18(24)27-13)12-2-4-16(15(19)8-12)20-7-6-14-3-5-17(29-14)23(25)26/h2-5,8,13,20H,6-7,9-10H2,1H3,(H,21,28)/t13-/m0/s1. The zero-order chi connectivity index (χ0) is 21.0. The Morgan fingerprint density at radius 2 is 2.24 bits per heavy atom. The maximum atomic E-state index is 14.5. The summed E-state index contributed by atoms with van der Waals surface area (Å²) in [7, 11) is 0. The van der Waals surface area contributed by atoms with Gasteiger partial charge >= 0.3 is 11.1 Å². The Morgan fingerprint density at radius 1 is 1.45 bits per heavy atom. The van der Waals surface area contributed by atoms with Crippen LogP contribution in [0.15, 0.2) is 30.3 Å². The van der Waals surface area contributed by atoms with Crippen molar-refractivity contribution < 1.29 is 18.8 Å². The number of carbonyl (C=O) groups is 1. The number of thiocarbonyl (C=S) groups is 1. The molecule has 0 radical (unpaired) electrons. The van der Waals surface area contributed by atoms with Gasteiger partial charge < -0.3 is 15.4 Å². The Labute approximate surface area is 175 Å². The van der Waals surface area contributed by atoms with Gasteiger partial charge in [0.05, 0.1) is 34.4 Å². The van der Waals surface area contributed by atoms with Gasteiger partial charge in [-0.25, -0.2) is 9.18 Å². The van der Waals surface area contributed by atoms with E-state index in [0.717, 1.165) is 16.2 Å². The zero-order valence-electron chi connectivity index (χ0n) is 15.5. The van der Waals surface area contributed by atoms with Crippen molar-refractivity contribution in [3.05, 3.63) is 51.1 Å². The number of amides is 1. The number of nitrogens with zero attached hydrogens (tertiary/aromatic N) is 2. The summed E-state index contributed by atoms with van der Waals surface area (Å²) in [6.07, 6.45) is -0.360. The number of hydrogen-bond donors (Lipinski definition) is 2. The maximum absolute atomic E-state index is 14.5. The van der Waals surface area contributed by atoms with Crippen molar-refractivity contribution in [1.29, 1.82) is 0 Å². The van der Waals surface area contributed by atoms with Crippen LogP contribution >= 0.6 is 23.6 Å². The number of nitro groups is 1. The molecule has 1 saturated heterocycles. The first-order valence-electron chi connectivity index (χ1n) is 8.82. The average molecular weight is 439 g/mol. The molecule has 1 aromatic heterocycles. The molecule has 3 rings (SSSR count). The van der Waals surface area contributed by atoms with Crippen LogP contribution in [0.25, 0.3) is 0 Å². The highest BCUT2D eigenvalue weighted by Gasteiger charge is 2.32. The summed E-state index contributed by atoms with van der Waals surface area (Å²) in [5.74, 6) is -0.497. The Morgan fingerprint density at radius 3 is 2.90 bits per heavy atom. The molecule has 1 aliphatic rings. The Hall–Kier alpha value is -2.79. The van der Waals surface area contributed by atoms with Crippen molar-refractivity contribution in [1.82, 2.24) is 5.32 Å². The molecule has 0 aliphatic carbocycles. The number of cyclic esters (lactones) is 1. The van der Waals surface area contributed by atoms with Crippen LogP contribution in [0.3, 0.4) is 0 Å². The third kappa shape index (κ3) is 5.39. The number of halogens is 1. The lowest BCUT2D eigenvalue weighted by atomic mass is 10.2. The van der Waals surface area contributed by atoms with E-state index in [0.29, 0.717) is 42.4 Å². The number of rotatable bonds is 8. The molecule has 154 valence electrons. The van der Waals surface area contributed by atoms with E-state index < -0.39 is 16.8 Å². The van der Waals surface area contributed by atoms with Crippen LogP contribution < -0.4 is 15.5 Å². The van der Waals surface area contributed by atoms with Gasteiger partial charge in [0, 0.05) is 17.5 Å². The van der Waals surface area contributed by atoms with E-state index in [2.05, 4.69) is 10.6 Å². The minimum atomic E-state index is -0.529. The molecule has 1 fully saturated rings. The molecular weight excluding hydrogens is 419 g/mol. The first kappa shape index (κ1) is 20.9. The van der Waals surface area contributed by atoms with Crippen LogP contribution in [-0.4, -0.2) is 41.7 Å². The second-order valence-electron chi connectivity index (χ2n) is 6.39. The number of benzene rings is 1. The molecule has 29 heavy (non-hydrogen) atoms. The van der Waals surface area contributed by atoms with E-state index in [1.54, 1.807) is 25.1 Å². The topological polar surface area (TPSA) is 96.7 Å².